The van der Waals surface area contributed by atoms with Gasteiger partial charge in [0.2, 0.25) is 0 Å². The third kappa shape index (κ3) is 3.85. The van der Waals surface area contributed by atoms with E-state index in [-0.39, 0.29) is 18.6 Å². The highest BCUT2D eigenvalue weighted by Gasteiger charge is 2.16. The molecule has 0 aliphatic carbocycles. The number of aliphatic hydroxyl groups excluding tert-OH is 1. The Balaban J connectivity index is 1.67. The van der Waals surface area contributed by atoms with Gasteiger partial charge in [-0.25, -0.2) is 0 Å². The van der Waals surface area contributed by atoms with Gasteiger partial charge in [0, 0.05) is 18.0 Å². The number of H-pyrrole nitrogens is 1. The lowest BCUT2D eigenvalue weighted by Gasteiger charge is -2.15. The topological polar surface area (TPSA) is 90.9 Å². The van der Waals surface area contributed by atoms with Crippen molar-refractivity contribution in [2.45, 2.75) is 12.5 Å². The molecule has 0 saturated heterocycles. The highest BCUT2D eigenvalue weighted by atomic mass is 16.3. The van der Waals surface area contributed by atoms with Crippen molar-refractivity contribution in [1.82, 2.24) is 20.5 Å². The molecular formula is C18H18N4O2. The second-order valence-corrected chi connectivity index (χ2v) is 5.45. The fraction of sp³-hybridized carbons (Fsp3) is 0.167. The maximum absolute atomic E-state index is 12.3. The van der Waals surface area contributed by atoms with Gasteiger partial charge in [-0.15, -0.1) is 0 Å². The maximum atomic E-state index is 12.3. The molecule has 1 amide bonds. The minimum Gasteiger partial charge on any atom is -0.394 e. The molecule has 3 N–H and O–H groups in total. The molecule has 6 nitrogen and oxygen atoms in total. The Bertz CT molecular complexity index is 787. The summed E-state index contributed by atoms with van der Waals surface area (Å²) < 4.78 is 0. The van der Waals surface area contributed by atoms with Gasteiger partial charge in [-0.1, -0.05) is 30.3 Å². The van der Waals surface area contributed by atoms with E-state index in [0.717, 1.165) is 11.1 Å². The number of aromatic nitrogens is 3. The van der Waals surface area contributed by atoms with Crippen LogP contribution in [0.15, 0.2) is 60.9 Å². The van der Waals surface area contributed by atoms with Gasteiger partial charge in [0.05, 0.1) is 18.3 Å². The lowest BCUT2D eigenvalue weighted by atomic mass is 10.1. The molecule has 1 atom stereocenters. The summed E-state index contributed by atoms with van der Waals surface area (Å²) in [6.07, 6.45) is 3.91. The number of carbonyl (C=O) groups is 1. The first-order valence-corrected chi connectivity index (χ1v) is 7.67. The molecule has 0 radical (unpaired) electrons. The second kappa shape index (κ2) is 7.52. The number of hydrogen-bond donors (Lipinski definition) is 3. The van der Waals surface area contributed by atoms with Crippen LogP contribution in [-0.2, 0) is 6.42 Å². The van der Waals surface area contributed by atoms with E-state index in [1.807, 2.05) is 42.5 Å². The summed E-state index contributed by atoms with van der Waals surface area (Å²) in [5, 5.41) is 19.2. The first kappa shape index (κ1) is 15.9. The van der Waals surface area contributed by atoms with Crippen LogP contribution in [0.3, 0.4) is 0 Å². The molecule has 122 valence electrons. The van der Waals surface area contributed by atoms with Crippen LogP contribution in [0.4, 0.5) is 0 Å². The Hall–Kier alpha value is -2.99. The minimum atomic E-state index is -0.354. The van der Waals surface area contributed by atoms with Crippen molar-refractivity contribution >= 4 is 5.91 Å². The first-order valence-electron chi connectivity index (χ1n) is 7.67. The van der Waals surface area contributed by atoms with Gasteiger partial charge in [0.15, 0.2) is 0 Å². The molecule has 0 bridgehead atoms. The summed E-state index contributed by atoms with van der Waals surface area (Å²) in [7, 11) is 0. The number of rotatable bonds is 6. The number of nitrogens with zero attached hydrogens (tertiary/aromatic N) is 2. The second-order valence-electron chi connectivity index (χ2n) is 5.45. The quantitative estimate of drug-likeness (QED) is 0.645. The summed E-state index contributed by atoms with van der Waals surface area (Å²) in [4.78, 5) is 16.3. The average molecular weight is 322 g/mol. The van der Waals surface area contributed by atoms with Crippen molar-refractivity contribution in [2.24, 2.45) is 0 Å². The molecule has 2 heterocycles. The summed E-state index contributed by atoms with van der Waals surface area (Å²) in [6, 6.07) is 14.7. The van der Waals surface area contributed by atoms with Crippen LogP contribution in [0.1, 0.15) is 16.1 Å². The molecule has 0 spiro atoms. The highest BCUT2D eigenvalue weighted by Crippen LogP contribution is 2.16. The summed E-state index contributed by atoms with van der Waals surface area (Å²) in [5.41, 5.74) is 2.96. The smallest absolute Gasteiger partial charge is 0.269 e. The third-order valence-corrected chi connectivity index (χ3v) is 3.68. The molecule has 3 aromatic rings. The lowest BCUT2D eigenvalue weighted by Crippen LogP contribution is -2.39. The molecule has 3 rings (SSSR count). The van der Waals surface area contributed by atoms with E-state index in [9.17, 15) is 9.90 Å². The van der Waals surface area contributed by atoms with Crippen LogP contribution in [0.25, 0.3) is 11.3 Å². The Labute approximate surface area is 139 Å². The number of amides is 1. The third-order valence-electron chi connectivity index (χ3n) is 3.68. The number of carbonyl (C=O) groups excluding carboxylic acids is 1. The maximum Gasteiger partial charge on any atom is 0.269 e. The number of hydrogen-bond acceptors (Lipinski definition) is 4. The van der Waals surface area contributed by atoms with Crippen LogP contribution in [-0.4, -0.2) is 38.8 Å². The van der Waals surface area contributed by atoms with Crippen molar-refractivity contribution in [2.75, 3.05) is 6.61 Å². The van der Waals surface area contributed by atoms with E-state index in [4.69, 9.17) is 0 Å². The Morgan fingerprint density at radius 3 is 2.62 bits per heavy atom. The van der Waals surface area contributed by atoms with E-state index in [1.54, 1.807) is 18.5 Å². The van der Waals surface area contributed by atoms with E-state index in [1.165, 1.54) is 0 Å². The van der Waals surface area contributed by atoms with Gasteiger partial charge in [0.25, 0.3) is 5.91 Å². The minimum absolute atomic E-state index is 0.133. The molecule has 1 aromatic carbocycles. The van der Waals surface area contributed by atoms with Crippen LogP contribution >= 0.6 is 0 Å². The van der Waals surface area contributed by atoms with Gasteiger partial charge in [-0.05, 0) is 30.2 Å². The fourth-order valence-electron chi connectivity index (χ4n) is 2.43. The van der Waals surface area contributed by atoms with Crippen molar-refractivity contribution in [3.05, 3.63) is 72.2 Å². The van der Waals surface area contributed by atoms with Crippen LogP contribution in [0.2, 0.25) is 0 Å². The predicted octanol–water partition coefficient (Wildman–Crippen LogP) is 1.81. The predicted molar refractivity (Wildman–Crippen MR) is 90.3 cm³/mol. The highest BCUT2D eigenvalue weighted by molar-refractivity contribution is 5.93. The van der Waals surface area contributed by atoms with Gasteiger partial charge in [-0.2, -0.15) is 5.10 Å². The van der Waals surface area contributed by atoms with Crippen molar-refractivity contribution in [1.29, 1.82) is 0 Å². The molecule has 0 aliphatic rings. The molecule has 0 unspecified atom stereocenters. The Morgan fingerprint density at radius 2 is 1.92 bits per heavy atom. The molecule has 0 fully saturated rings. The molecule has 24 heavy (non-hydrogen) atoms. The van der Waals surface area contributed by atoms with Crippen molar-refractivity contribution < 1.29 is 9.90 Å². The van der Waals surface area contributed by atoms with Crippen molar-refractivity contribution in [3.63, 3.8) is 0 Å². The largest absolute Gasteiger partial charge is 0.394 e. The summed E-state index contributed by atoms with van der Waals surface area (Å²) in [5.74, 6) is -0.294. The number of pyridine rings is 1. The zero-order valence-electron chi connectivity index (χ0n) is 13.0. The SMILES string of the molecule is O=C(N[C@H](CO)Cc1ccccc1)c1cc(-c2ccncc2)n[nH]1. The fourth-order valence-corrected chi connectivity index (χ4v) is 2.43. The lowest BCUT2D eigenvalue weighted by molar-refractivity contribution is 0.0911. The zero-order chi connectivity index (χ0) is 16.8. The van der Waals surface area contributed by atoms with E-state index in [2.05, 4.69) is 20.5 Å². The molecule has 6 heteroatoms. The molecule has 0 aliphatic heterocycles. The van der Waals surface area contributed by atoms with Crippen LogP contribution in [0.5, 0.6) is 0 Å². The number of aromatic amines is 1. The Morgan fingerprint density at radius 1 is 1.17 bits per heavy atom. The van der Waals surface area contributed by atoms with Crippen LogP contribution < -0.4 is 5.32 Å². The van der Waals surface area contributed by atoms with Gasteiger partial charge < -0.3 is 10.4 Å². The van der Waals surface area contributed by atoms with Gasteiger partial charge in [0.1, 0.15) is 5.69 Å². The number of benzene rings is 1. The van der Waals surface area contributed by atoms with E-state index >= 15 is 0 Å². The molecule has 2 aromatic heterocycles. The van der Waals surface area contributed by atoms with E-state index in [0.29, 0.717) is 17.8 Å². The molecule has 0 saturated carbocycles. The summed E-state index contributed by atoms with van der Waals surface area (Å²) >= 11 is 0. The average Bonchev–Trinajstić information content (AvgIpc) is 3.13. The number of nitrogens with one attached hydrogen (secondary N) is 2. The van der Waals surface area contributed by atoms with Crippen molar-refractivity contribution in [3.8, 4) is 11.3 Å². The standard InChI is InChI=1S/C18H18N4O2/c23-12-15(10-13-4-2-1-3-5-13)20-18(24)17-11-16(21-22-17)14-6-8-19-9-7-14/h1-9,11,15,23H,10,12H2,(H,20,24)(H,21,22)/t15-/m0/s1. The first-order chi connectivity index (χ1) is 11.8. The zero-order valence-corrected chi connectivity index (χ0v) is 13.0. The normalized spacial score (nSPS) is 11.9. The monoisotopic (exact) mass is 322 g/mol. The number of aliphatic hydroxyl groups is 1. The van der Waals surface area contributed by atoms with Gasteiger partial charge in [-0.3, -0.25) is 14.9 Å². The van der Waals surface area contributed by atoms with E-state index < -0.39 is 0 Å². The van der Waals surface area contributed by atoms with Gasteiger partial charge >= 0.3 is 0 Å². The Kier molecular flexibility index (Phi) is 4.98. The van der Waals surface area contributed by atoms with Crippen LogP contribution in [0, 0.1) is 0 Å². The summed E-state index contributed by atoms with van der Waals surface area (Å²) in [6.45, 7) is -0.133. The molecular weight excluding hydrogens is 304 g/mol.